The molecule has 0 bridgehead atoms. The van der Waals surface area contributed by atoms with Gasteiger partial charge in [-0.05, 0) is 64.3 Å². The van der Waals surface area contributed by atoms with Crippen molar-refractivity contribution in [1.29, 1.82) is 0 Å². The number of alkyl carbamates (subject to hydrolysis) is 1. The molecule has 0 aromatic heterocycles. The summed E-state index contributed by atoms with van der Waals surface area (Å²) in [6.07, 6.45) is 4.27. The predicted molar refractivity (Wildman–Crippen MR) is 80.7 cm³/mol. The normalized spacial score (nSPS) is 31.9. The van der Waals surface area contributed by atoms with E-state index in [4.69, 9.17) is 4.74 Å². The number of carbonyl (C=O) groups excluding carboxylic acids is 1. The zero-order valence-corrected chi connectivity index (χ0v) is 13.6. The number of amides is 1. The fraction of sp³-hybridized carbons (Fsp3) is 0.938. The number of nitrogens with one attached hydrogen (secondary N) is 2. The first kappa shape index (κ1) is 15.6. The average Bonchev–Trinajstić information content (AvgIpc) is 2.68. The Morgan fingerprint density at radius 3 is 2.40 bits per heavy atom. The van der Waals surface area contributed by atoms with E-state index in [0.717, 1.165) is 31.7 Å². The average molecular weight is 282 g/mol. The Bertz CT molecular complexity index is 360. The summed E-state index contributed by atoms with van der Waals surface area (Å²) in [7, 11) is 0. The lowest BCUT2D eigenvalue weighted by Gasteiger charge is -2.22. The van der Waals surface area contributed by atoms with Gasteiger partial charge in [-0.1, -0.05) is 13.8 Å². The van der Waals surface area contributed by atoms with Gasteiger partial charge in [0.25, 0.3) is 0 Å². The van der Waals surface area contributed by atoms with Crippen LogP contribution in [0.2, 0.25) is 0 Å². The maximum absolute atomic E-state index is 11.7. The number of ether oxygens (including phenoxy) is 1. The summed E-state index contributed by atoms with van der Waals surface area (Å²) in [6.45, 7) is 11.5. The van der Waals surface area contributed by atoms with Crippen LogP contribution >= 0.6 is 0 Å². The van der Waals surface area contributed by atoms with E-state index in [0.29, 0.717) is 11.5 Å². The Morgan fingerprint density at radius 2 is 1.85 bits per heavy atom. The maximum Gasteiger partial charge on any atom is 0.407 e. The Kier molecular flexibility index (Phi) is 4.33. The van der Waals surface area contributed by atoms with Crippen LogP contribution in [-0.2, 0) is 4.74 Å². The minimum atomic E-state index is -0.419. The Balaban J connectivity index is 1.64. The minimum Gasteiger partial charge on any atom is -0.444 e. The minimum absolute atomic E-state index is 0.259. The number of hydrogen-bond donors (Lipinski definition) is 2. The fourth-order valence-corrected chi connectivity index (χ4v) is 3.01. The molecular weight excluding hydrogens is 252 g/mol. The SMILES string of the molecule is CC(C)(C)OC(=O)NC1CCC(NCC2CC2(C)C)C1. The summed E-state index contributed by atoms with van der Waals surface area (Å²) in [4.78, 5) is 11.7. The van der Waals surface area contributed by atoms with Crippen LogP contribution in [0.4, 0.5) is 4.79 Å². The molecule has 20 heavy (non-hydrogen) atoms. The molecule has 0 heterocycles. The molecule has 0 spiro atoms. The molecule has 3 unspecified atom stereocenters. The molecule has 2 aliphatic rings. The smallest absolute Gasteiger partial charge is 0.407 e. The first-order valence-electron chi connectivity index (χ1n) is 7.88. The van der Waals surface area contributed by atoms with Crippen molar-refractivity contribution in [3.63, 3.8) is 0 Å². The zero-order chi connectivity index (χ0) is 15.0. The number of hydrogen-bond acceptors (Lipinski definition) is 3. The van der Waals surface area contributed by atoms with Gasteiger partial charge in [-0.2, -0.15) is 0 Å². The quantitative estimate of drug-likeness (QED) is 0.833. The summed E-state index contributed by atoms with van der Waals surface area (Å²) >= 11 is 0. The van der Waals surface area contributed by atoms with Crippen molar-refractivity contribution in [1.82, 2.24) is 10.6 Å². The molecule has 0 saturated heterocycles. The fourth-order valence-electron chi connectivity index (χ4n) is 3.01. The molecule has 2 N–H and O–H groups in total. The van der Waals surface area contributed by atoms with Crippen LogP contribution in [-0.4, -0.2) is 30.3 Å². The second kappa shape index (κ2) is 5.55. The van der Waals surface area contributed by atoms with Gasteiger partial charge >= 0.3 is 6.09 Å². The van der Waals surface area contributed by atoms with Crippen LogP contribution in [0.3, 0.4) is 0 Å². The molecule has 2 saturated carbocycles. The molecule has 2 aliphatic carbocycles. The van der Waals surface area contributed by atoms with Gasteiger partial charge in [-0.25, -0.2) is 4.79 Å². The molecular formula is C16H30N2O2. The molecule has 2 fully saturated rings. The van der Waals surface area contributed by atoms with Crippen molar-refractivity contribution >= 4 is 6.09 Å². The Morgan fingerprint density at radius 1 is 1.25 bits per heavy atom. The third-order valence-electron chi connectivity index (χ3n) is 4.52. The first-order chi connectivity index (χ1) is 9.16. The topological polar surface area (TPSA) is 50.4 Å². The molecule has 2 rings (SSSR count). The summed E-state index contributed by atoms with van der Waals surface area (Å²) < 4.78 is 5.30. The van der Waals surface area contributed by atoms with Gasteiger partial charge in [-0.15, -0.1) is 0 Å². The highest BCUT2D eigenvalue weighted by atomic mass is 16.6. The van der Waals surface area contributed by atoms with Crippen molar-refractivity contribution in [3.05, 3.63) is 0 Å². The molecule has 1 amide bonds. The second-order valence-corrected chi connectivity index (χ2v) is 8.15. The van der Waals surface area contributed by atoms with Crippen molar-refractivity contribution in [2.75, 3.05) is 6.54 Å². The summed E-state index contributed by atoms with van der Waals surface area (Å²) in [6, 6.07) is 0.806. The number of rotatable bonds is 4. The predicted octanol–water partition coefficient (Wildman–Crippen LogP) is 3.07. The molecule has 0 aromatic carbocycles. The molecule has 0 aliphatic heterocycles. The van der Waals surface area contributed by atoms with Crippen molar-refractivity contribution in [2.45, 2.75) is 78.0 Å². The lowest BCUT2D eigenvalue weighted by molar-refractivity contribution is 0.0505. The van der Waals surface area contributed by atoms with E-state index in [-0.39, 0.29) is 12.1 Å². The highest BCUT2D eigenvalue weighted by Crippen LogP contribution is 2.51. The third-order valence-corrected chi connectivity index (χ3v) is 4.52. The van der Waals surface area contributed by atoms with Gasteiger partial charge in [-0.3, -0.25) is 0 Å². The molecule has 4 heteroatoms. The van der Waals surface area contributed by atoms with Crippen LogP contribution in [0.5, 0.6) is 0 Å². The number of carbonyl (C=O) groups is 1. The molecule has 116 valence electrons. The lowest BCUT2D eigenvalue weighted by Crippen LogP contribution is -2.39. The van der Waals surface area contributed by atoms with Crippen molar-refractivity contribution < 1.29 is 9.53 Å². The molecule has 4 nitrogen and oxygen atoms in total. The summed E-state index contributed by atoms with van der Waals surface area (Å²) in [5.74, 6) is 0.834. The van der Waals surface area contributed by atoms with Crippen molar-refractivity contribution in [2.24, 2.45) is 11.3 Å². The van der Waals surface area contributed by atoms with Gasteiger partial charge < -0.3 is 15.4 Å². The van der Waals surface area contributed by atoms with Crippen LogP contribution in [0, 0.1) is 11.3 Å². The van der Waals surface area contributed by atoms with Crippen LogP contribution < -0.4 is 10.6 Å². The standard InChI is InChI=1S/C16H30N2O2/c1-15(2,3)20-14(19)18-13-7-6-12(8-13)17-10-11-9-16(11,4)5/h11-13,17H,6-10H2,1-5H3,(H,18,19). The van der Waals surface area contributed by atoms with Gasteiger partial charge in [0.2, 0.25) is 0 Å². The highest BCUT2D eigenvalue weighted by Gasteiger charge is 2.45. The second-order valence-electron chi connectivity index (χ2n) is 8.15. The van der Waals surface area contributed by atoms with Crippen LogP contribution in [0.25, 0.3) is 0 Å². The van der Waals surface area contributed by atoms with Crippen molar-refractivity contribution in [3.8, 4) is 0 Å². The van der Waals surface area contributed by atoms with Gasteiger partial charge in [0.1, 0.15) is 5.60 Å². The summed E-state index contributed by atoms with van der Waals surface area (Å²) in [5.41, 5.74) is 0.123. The van der Waals surface area contributed by atoms with Gasteiger partial charge in [0.15, 0.2) is 0 Å². The van der Waals surface area contributed by atoms with E-state index in [9.17, 15) is 4.79 Å². The van der Waals surface area contributed by atoms with E-state index < -0.39 is 5.60 Å². The third kappa shape index (κ3) is 4.65. The van der Waals surface area contributed by atoms with Crippen LogP contribution in [0.15, 0.2) is 0 Å². The molecule has 0 aromatic rings. The Labute approximate surface area is 123 Å². The Hall–Kier alpha value is -0.770. The largest absolute Gasteiger partial charge is 0.444 e. The monoisotopic (exact) mass is 282 g/mol. The molecule has 0 radical (unpaired) electrons. The van der Waals surface area contributed by atoms with E-state index in [1.807, 2.05) is 20.8 Å². The first-order valence-corrected chi connectivity index (χ1v) is 7.88. The van der Waals surface area contributed by atoms with E-state index in [1.54, 1.807) is 0 Å². The highest BCUT2D eigenvalue weighted by molar-refractivity contribution is 5.68. The maximum atomic E-state index is 11.7. The summed E-state index contributed by atoms with van der Waals surface area (Å²) in [5, 5.41) is 6.64. The van der Waals surface area contributed by atoms with Crippen LogP contribution in [0.1, 0.15) is 60.3 Å². The zero-order valence-electron chi connectivity index (χ0n) is 13.6. The van der Waals surface area contributed by atoms with E-state index >= 15 is 0 Å². The van der Waals surface area contributed by atoms with Gasteiger partial charge in [0, 0.05) is 12.1 Å². The lowest BCUT2D eigenvalue weighted by atomic mass is 10.1. The van der Waals surface area contributed by atoms with E-state index in [1.165, 1.54) is 6.42 Å². The van der Waals surface area contributed by atoms with E-state index in [2.05, 4.69) is 24.5 Å². The molecule has 3 atom stereocenters. The van der Waals surface area contributed by atoms with Gasteiger partial charge in [0.05, 0.1) is 0 Å².